The van der Waals surface area contributed by atoms with Gasteiger partial charge in [-0.05, 0) is 32.0 Å². The van der Waals surface area contributed by atoms with Crippen molar-refractivity contribution in [3.05, 3.63) is 42.6 Å². The van der Waals surface area contributed by atoms with Crippen LogP contribution in [0.4, 0.5) is 0 Å². The lowest BCUT2D eigenvalue weighted by molar-refractivity contribution is -0.134. The maximum atomic E-state index is 13.2. The van der Waals surface area contributed by atoms with Gasteiger partial charge in [-0.3, -0.25) is 14.6 Å². The minimum atomic E-state index is -4.05. The molecule has 0 unspecified atom stereocenters. The van der Waals surface area contributed by atoms with Crippen LogP contribution in [0, 0.1) is 12.8 Å². The molecule has 3 rings (SSSR count). The Kier molecular flexibility index (Phi) is 8.45. The van der Waals surface area contributed by atoms with Crippen LogP contribution in [0.15, 0.2) is 37.1 Å². The summed E-state index contributed by atoms with van der Waals surface area (Å²) in [6.07, 6.45) is 3.19. The van der Waals surface area contributed by atoms with Gasteiger partial charge < -0.3 is 20.1 Å². The quantitative estimate of drug-likeness (QED) is 0.388. The fraction of sp³-hybridized carbons (Fsp3) is 0.480. The standard InChI is InChI=1S/C25H35N5O6S/c1-8-15(2)25(4,24(32)29-37(33,34)30(5)6)28-23(31)19-13-17(14-27-19)36-21-11-12-26-22-16(3)20(35-7)10-9-18(21)22/h8-12,15,17,19,27H,1,13-14H2,2-7H3,(H,28,31)(H,29,32)/t15-,17+,19-,25+/m0/s1. The first-order chi connectivity index (χ1) is 17.3. The summed E-state index contributed by atoms with van der Waals surface area (Å²) in [4.78, 5) is 30.6. The third kappa shape index (κ3) is 5.86. The Hall–Kier alpha value is -3.22. The number of aromatic nitrogens is 1. The van der Waals surface area contributed by atoms with Crippen LogP contribution in [0.5, 0.6) is 11.5 Å². The molecule has 3 N–H and O–H groups in total. The van der Waals surface area contributed by atoms with Crippen molar-refractivity contribution in [2.45, 2.75) is 44.9 Å². The number of rotatable bonds is 10. The van der Waals surface area contributed by atoms with E-state index in [-0.39, 0.29) is 6.10 Å². The predicted octanol–water partition coefficient (Wildman–Crippen LogP) is 1.28. The zero-order valence-electron chi connectivity index (χ0n) is 22.0. The molecule has 2 aromatic rings. The van der Waals surface area contributed by atoms with E-state index in [1.54, 1.807) is 26.3 Å². The number of benzene rings is 1. The average Bonchev–Trinajstić information content (AvgIpc) is 3.32. The number of nitrogens with zero attached hydrogens (tertiary/aromatic N) is 2. The van der Waals surface area contributed by atoms with E-state index in [0.717, 1.165) is 26.5 Å². The highest BCUT2D eigenvalue weighted by Crippen LogP contribution is 2.32. The molecule has 1 aromatic carbocycles. The maximum absolute atomic E-state index is 13.2. The number of ether oxygens (including phenoxy) is 2. The zero-order valence-corrected chi connectivity index (χ0v) is 22.8. The van der Waals surface area contributed by atoms with Gasteiger partial charge in [-0.1, -0.05) is 13.0 Å². The average molecular weight is 534 g/mol. The van der Waals surface area contributed by atoms with Crippen LogP contribution in [0.3, 0.4) is 0 Å². The number of fused-ring (bicyclic) bond motifs is 1. The summed E-state index contributed by atoms with van der Waals surface area (Å²) in [6, 6.07) is 4.88. The summed E-state index contributed by atoms with van der Waals surface area (Å²) in [7, 11) is 0.161. The number of nitrogens with one attached hydrogen (secondary N) is 3. The van der Waals surface area contributed by atoms with Crippen LogP contribution in [-0.2, 0) is 19.8 Å². The molecule has 0 bridgehead atoms. The highest BCUT2D eigenvalue weighted by atomic mass is 32.2. The lowest BCUT2D eigenvalue weighted by atomic mass is 9.86. The molecule has 37 heavy (non-hydrogen) atoms. The molecule has 1 fully saturated rings. The van der Waals surface area contributed by atoms with Gasteiger partial charge in [0.25, 0.3) is 5.91 Å². The third-order valence-electron chi connectivity index (χ3n) is 6.82. The van der Waals surface area contributed by atoms with Crippen molar-refractivity contribution in [1.82, 2.24) is 24.6 Å². The van der Waals surface area contributed by atoms with Gasteiger partial charge in [0.15, 0.2) is 0 Å². The topological polar surface area (TPSA) is 139 Å². The molecular formula is C25H35N5O6S. The number of pyridine rings is 1. The van der Waals surface area contributed by atoms with Crippen molar-refractivity contribution in [1.29, 1.82) is 0 Å². The fourth-order valence-corrected chi connectivity index (χ4v) is 4.71. The molecule has 0 spiro atoms. The van der Waals surface area contributed by atoms with E-state index >= 15 is 0 Å². The van der Waals surface area contributed by atoms with Gasteiger partial charge in [0.1, 0.15) is 23.1 Å². The van der Waals surface area contributed by atoms with Gasteiger partial charge in [-0.25, -0.2) is 4.72 Å². The highest BCUT2D eigenvalue weighted by Gasteiger charge is 2.43. The highest BCUT2D eigenvalue weighted by molar-refractivity contribution is 7.87. The van der Waals surface area contributed by atoms with Gasteiger partial charge in [0.05, 0.1) is 18.7 Å². The first-order valence-corrected chi connectivity index (χ1v) is 13.3. The van der Waals surface area contributed by atoms with Crippen molar-refractivity contribution >= 4 is 32.9 Å². The normalized spacial score (nSPS) is 20.2. The molecule has 202 valence electrons. The number of methoxy groups -OCH3 is 1. The van der Waals surface area contributed by atoms with Crippen molar-refractivity contribution < 1.29 is 27.5 Å². The van der Waals surface area contributed by atoms with E-state index in [9.17, 15) is 18.0 Å². The number of amides is 2. The molecule has 0 aliphatic carbocycles. The van der Waals surface area contributed by atoms with Crippen LogP contribution >= 0.6 is 0 Å². The Morgan fingerprint density at radius 1 is 1.30 bits per heavy atom. The number of aryl methyl sites for hydroxylation is 1. The summed E-state index contributed by atoms with van der Waals surface area (Å²) in [5.74, 6) is -0.495. The predicted molar refractivity (Wildman–Crippen MR) is 141 cm³/mol. The SMILES string of the molecule is C=C[C@H](C)[C@@](C)(NC(=O)[C@@H]1C[C@@H](Oc2ccnc3c(C)c(OC)ccc23)CN1)C(=O)NS(=O)(=O)N(C)C. The Morgan fingerprint density at radius 2 is 2.00 bits per heavy atom. The number of carbonyl (C=O) groups is 2. The van der Waals surface area contributed by atoms with E-state index in [1.807, 2.05) is 23.8 Å². The molecule has 0 radical (unpaired) electrons. The van der Waals surface area contributed by atoms with Gasteiger partial charge >= 0.3 is 10.2 Å². The molecule has 0 saturated carbocycles. The molecule has 4 atom stereocenters. The Balaban J connectivity index is 1.73. The molecule has 1 aromatic heterocycles. The van der Waals surface area contributed by atoms with Gasteiger partial charge in [-0.15, -0.1) is 6.58 Å². The number of hydrogen-bond donors (Lipinski definition) is 3. The van der Waals surface area contributed by atoms with Crippen LogP contribution < -0.4 is 24.8 Å². The van der Waals surface area contributed by atoms with Crippen LogP contribution in [0.25, 0.3) is 10.9 Å². The second kappa shape index (κ2) is 11.0. The fourth-order valence-electron chi connectivity index (χ4n) is 4.08. The lowest BCUT2D eigenvalue weighted by Crippen LogP contribution is -2.63. The lowest BCUT2D eigenvalue weighted by Gasteiger charge is -2.34. The summed E-state index contributed by atoms with van der Waals surface area (Å²) >= 11 is 0. The van der Waals surface area contributed by atoms with Crippen LogP contribution in [0.2, 0.25) is 0 Å². The summed E-state index contributed by atoms with van der Waals surface area (Å²) in [6.45, 7) is 9.19. The van der Waals surface area contributed by atoms with E-state index in [2.05, 4.69) is 22.2 Å². The Morgan fingerprint density at radius 3 is 2.62 bits per heavy atom. The number of hydrogen-bond acceptors (Lipinski definition) is 8. The molecule has 12 heteroatoms. The van der Waals surface area contributed by atoms with Crippen molar-refractivity contribution in [3.63, 3.8) is 0 Å². The first kappa shape index (κ1) is 28.4. The van der Waals surface area contributed by atoms with Crippen LogP contribution in [0.1, 0.15) is 25.8 Å². The van der Waals surface area contributed by atoms with Crippen molar-refractivity contribution in [3.8, 4) is 11.5 Å². The molecule has 1 aliphatic rings. The summed E-state index contributed by atoms with van der Waals surface area (Å²) in [5.41, 5.74) is 0.114. The molecule has 1 aliphatic heterocycles. The van der Waals surface area contributed by atoms with E-state index in [1.165, 1.54) is 27.1 Å². The smallest absolute Gasteiger partial charge is 0.303 e. The zero-order chi connectivity index (χ0) is 27.5. The van der Waals surface area contributed by atoms with Crippen LogP contribution in [-0.4, -0.2) is 75.0 Å². The second-order valence-electron chi connectivity index (χ2n) is 9.47. The molecule has 1 saturated heterocycles. The van der Waals surface area contributed by atoms with E-state index in [0.29, 0.717) is 18.7 Å². The minimum Gasteiger partial charge on any atom is -0.496 e. The molecular weight excluding hydrogens is 498 g/mol. The summed E-state index contributed by atoms with van der Waals surface area (Å²) < 4.78 is 39.0. The Bertz CT molecular complexity index is 1300. The van der Waals surface area contributed by atoms with Crippen molar-refractivity contribution in [2.24, 2.45) is 5.92 Å². The Labute approximate surface area is 217 Å². The third-order valence-corrected chi connectivity index (χ3v) is 8.22. The van der Waals surface area contributed by atoms with Gasteiger partial charge in [0, 0.05) is 50.1 Å². The van der Waals surface area contributed by atoms with E-state index < -0.39 is 39.5 Å². The second-order valence-corrected chi connectivity index (χ2v) is 11.4. The molecule has 2 heterocycles. The largest absolute Gasteiger partial charge is 0.496 e. The molecule has 2 amide bonds. The minimum absolute atomic E-state index is 0.310. The maximum Gasteiger partial charge on any atom is 0.303 e. The van der Waals surface area contributed by atoms with Gasteiger partial charge in [-0.2, -0.15) is 12.7 Å². The summed E-state index contributed by atoms with van der Waals surface area (Å²) in [5, 5.41) is 6.70. The van der Waals surface area contributed by atoms with Gasteiger partial charge in [0.2, 0.25) is 5.91 Å². The molecule has 11 nitrogen and oxygen atoms in total. The monoisotopic (exact) mass is 533 g/mol. The first-order valence-electron chi connectivity index (χ1n) is 11.9. The number of carbonyl (C=O) groups excluding carboxylic acids is 2. The van der Waals surface area contributed by atoms with E-state index in [4.69, 9.17) is 9.47 Å². The van der Waals surface area contributed by atoms with Crippen molar-refractivity contribution in [2.75, 3.05) is 27.7 Å².